The lowest BCUT2D eigenvalue weighted by molar-refractivity contribution is -0.156. The van der Waals surface area contributed by atoms with Crippen LogP contribution >= 0.6 is 11.8 Å². The number of aliphatic hydroxyl groups excluding tert-OH is 1. The van der Waals surface area contributed by atoms with Crippen LogP contribution in [0.4, 0.5) is 0 Å². The summed E-state index contributed by atoms with van der Waals surface area (Å²) in [7, 11) is 3.30. The number of rotatable bonds is 2. The quantitative estimate of drug-likeness (QED) is 0.112. The summed E-state index contributed by atoms with van der Waals surface area (Å²) in [6, 6.07) is 6.54. The Morgan fingerprint density at radius 1 is 1.04 bits per heavy atom. The van der Waals surface area contributed by atoms with Gasteiger partial charge in [-0.1, -0.05) is 18.2 Å². The van der Waals surface area contributed by atoms with E-state index in [9.17, 15) is 24.9 Å². The summed E-state index contributed by atoms with van der Waals surface area (Å²) in [4.78, 5) is 35.0. The molecule has 0 unspecified atom stereocenters. The smallest absolute Gasteiger partial charge is 0.333 e. The molecule has 3 aromatic carbocycles. The summed E-state index contributed by atoms with van der Waals surface area (Å²) in [5.41, 5.74) is 5.53. The van der Waals surface area contributed by atoms with Crippen LogP contribution in [0.2, 0.25) is 0 Å². The number of ether oxygens (including phenoxy) is 5. The average Bonchev–Trinajstić information content (AvgIpc) is 3.82. The molecule has 11 rings (SSSR count). The van der Waals surface area contributed by atoms with Crippen molar-refractivity contribution < 1.29 is 48.6 Å². The Balaban J connectivity index is 1.29. The van der Waals surface area contributed by atoms with E-state index < -0.39 is 41.0 Å². The van der Waals surface area contributed by atoms with Gasteiger partial charge in [-0.15, -0.1) is 11.8 Å². The first-order valence-electron chi connectivity index (χ1n) is 18.3. The first-order chi connectivity index (χ1) is 26.5. The average molecular weight is 769 g/mol. The van der Waals surface area contributed by atoms with Gasteiger partial charge in [0.25, 0.3) is 0 Å². The van der Waals surface area contributed by atoms with Crippen molar-refractivity contribution in [1.29, 1.82) is 0 Å². The summed E-state index contributed by atoms with van der Waals surface area (Å²) < 4.78 is 30.4. The second-order valence-corrected chi connectivity index (χ2v) is 16.1. The highest BCUT2D eigenvalue weighted by molar-refractivity contribution is 7.99. The normalized spacial score (nSPS) is 26.0. The van der Waals surface area contributed by atoms with E-state index in [1.807, 2.05) is 42.0 Å². The van der Waals surface area contributed by atoms with E-state index in [1.165, 1.54) is 25.8 Å². The maximum Gasteiger partial charge on any atom is 0.333 e. The Bertz CT molecular complexity index is 2430. The number of thioether (sulfide) groups is 1. The van der Waals surface area contributed by atoms with Gasteiger partial charge < -0.3 is 53.8 Å². The summed E-state index contributed by atoms with van der Waals surface area (Å²) in [5.74, 6) is 0.249. The lowest BCUT2D eigenvalue weighted by Gasteiger charge is -2.57. The number of carbonyl (C=O) groups excluding carboxylic acids is 2. The topological polar surface area (TPSA) is 175 Å². The number of aliphatic hydroxyl groups is 1. The summed E-state index contributed by atoms with van der Waals surface area (Å²) in [6.07, 6.45) is -0.281. The molecule has 0 saturated carbocycles. The number of aromatic amines is 1. The molecule has 14 nitrogen and oxygen atoms in total. The molecule has 0 radical (unpaired) electrons. The number of hydrogen-bond donors (Lipinski definition) is 5. The molecular weight excluding hydrogens is 729 g/mol. The zero-order valence-corrected chi connectivity index (χ0v) is 31.7. The first-order valence-corrected chi connectivity index (χ1v) is 19.4. The Labute approximate surface area is 319 Å². The van der Waals surface area contributed by atoms with Gasteiger partial charge in [0.1, 0.15) is 24.3 Å². The van der Waals surface area contributed by atoms with Crippen molar-refractivity contribution in [2.75, 3.05) is 39.9 Å². The minimum Gasteiger partial charge on any atom is -0.507 e. The maximum absolute atomic E-state index is 14.8. The number of benzene rings is 3. The van der Waals surface area contributed by atoms with Crippen LogP contribution in [-0.2, 0) is 32.7 Å². The minimum atomic E-state index is -1.30. The molecule has 5 N–H and O–H groups in total. The van der Waals surface area contributed by atoms with Crippen LogP contribution < -0.4 is 24.3 Å². The number of likely N-dealkylation sites (N-methyl/N-ethyl adjacent to an activating group) is 1. The Hall–Kier alpha value is -5.25. The van der Waals surface area contributed by atoms with Crippen molar-refractivity contribution >= 4 is 40.3 Å². The highest BCUT2D eigenvalue weighted by Gasteiger charge is 2.57. The van der Waals surface area contributed by atoms with E-state index in [0.717, 1.165) is 22.2 Å². The van der Waals surface area contributed by atoms with Crippen molar-refractivity contribution in [3.8, 4) is 34.5 Å². The predicted molar refractivity (Wildman–Crippen MR) is 200 cm³/mol. The van der Waals surface area contributed by atoms with Crippen LogP contribution in [0.25, 0.3) is 16.6 Å². The minimum absolute atomic E-state index is 0.0231. The third-order valence-corrected chi connectivity index (χ3v) is 13.7. The second kappa shape index (κ2) is 11.9. The first kappa shape index (κ1) is 34.3. The third kappa shape index (κ3) is 4.39. The molecule has 1 fully saturated rings. The number of aromatic hydroxyl groups is 2. The molecule has 4 bridgehead atoms. The van der Waals surface area contributed by atoms with Crippen molar-refractivity contribution in [2.24, 2.45) is 0 Å². The van der Waals surface area contributed by atoms with Crippen LogP contribution in [0.1, 0.15) is 62.9 Å². The molecule has 7 aliphatic heterocycles. The molecule has 1 saturated heterocycles. The second-order valence-electron chi connectivity index (χ2n) is 15.0. The zero-order chi connectivity index (χ0) is 38.2. The van der Waals surface area contributed by atoms with E-state index in [2.05, 4.69) is 16.4 Å². The molecule has 0 aliphatic carbocycles. The van der Waals surface area contributed by atoms with E-state index in [0.29, 0.717) is 69.2 Å². The molecule has 286 valence electrons. The molecule has 8 heterocycles. The van der Waals surface area contributed by atoms with Crippen LogP contribution in [0, 0.1) is 13.8 Å². The number of carbonyl (C=O) groups is 2. The monoisotopic (exact) mass is 768 g/mol. The molecule has 7 aliphatic rings. The molecular formula is C40H40N4O10S. The number of esters is 2. The number of hydrogen-bond acceptors (Lipinski definition) is 14. The van der Waals surface area contributed by atoms with Gasteiger partial charge in [-0.2, -0.15) is 0 Å². The largest absolute Gasteiger partial charge is 0.507 e. The highest BCUT2D eigenvalue weighted by atomic mass is 32.2. The third-order valence-electron chi connectivity index (χ3n) is 12.3. The fourth-order valence-corrected chi connectivity index (χ4v) is 11.5. The zero-order valence-electron chi connectivity index (χ0n) is 30.9. The summed E-state index contributed by atoms with van der Waals surface area (Å²) >= 11 is 1.43. The number of para-hydroxylation sites is 1. The van der Waals surface area contributed by atoms with Crippen LogP contribution in [0.3, 0.4) is 0 Å². The molecule has 1 spiro atoms. The predicted octanol–water partition coefficient (Wildman–Crippen LogP) is 4.14. The Morgan fingerprint density at radius 2 is 1.82 bits per heavy atom. The van der Waals surface area contributed by atoms with Gasteiger partial charge in [0.2, 0.25) is 6.79 Å². The van der Waals surface area contributed by atoms with E-state index in [-0.39, 0.29) is 48.6 Å². The van der Waals surface area contributed by atoms with Crippen LogP contribution in [0.5, 0.6) is 34.5 Å². The summed E-state index contributed by atoms with van der Waals surface area (Å²) in [5, 5.41) is 40.0. The molecule has 5 atom stereocenters. The van der Waals surface area contributed by atoms with Crippen molar-refractivity contribution in [3.05, 3.63) is 74.6 Å². The van der Waals surface area contributed by atoms with Crippen LogP contribution in [0.15, 0.2) is 30.0 Å². The van der Waals surface area contributed by atoms with Gasteiger partial charge in [-0.05, 0) is 31.9 Å². The number of phenolic OH excluding ortho intramolecular Hbond substituents is 2. The summed E-state index contributed by atoms with van der Waals surface area (Å²) in [6.45, 7) is 5.06. The van der Waals surface area contributed by atoms with Crippen molar-refractivity contribution in [2.45, 2.75) is 62.7 Å². The van der Waals surface area contributed by atoms with Gasteiger partial charge in [0.05, 0.1) is 47.1 Å². The standard InChI is InChI=1S/C40H40N4O10S/c1-16-30(46)21-12-23-38(48)44-24-13-51-39(49)40(37-20(10-11-41-40)19-8-6-7-9-22(19)42-37)14-55-36(29(44)28(43(23)4)25(21)31(47)33(16)50-5)27-26(24)35-34(52-15-53-35)17(2)32(27)54-18(3)45/h6-9,23-24,36,38,41-42,46-48H,10-15H2,1-5H3/t23-,24-,36+,38-,40+/m0/s1. The van der Waals surface area contributed by atoms with Crippen LogP contribution in [-0.4, -0.2) is 94.2 Å². The van der Waals surface area contributed by atoms with E-state index in [1.54, 1.807) is 6.92 Å². The molecule has 4 aromatic rings. The number of aromatic nitrogens is 1. The van der Waals surface area contributed by atoms with Gasteiger partial charge in [-0.3, -0.25) is 10.1 Å². The fourth-order valence-electron chi connectivity index (χ4n) is 9.88. The van der Waals surface area contributed by atoms with Crippen molar-refractivity contribution in [1.82, 2.24) is 20.1 Å². The molecule has 15 heteroatoms. The molecule has 1 aromatic heterocycles. The number of nitrogens with one attached hydrogen (secondary N) is 2. The van der Waals surface area contributed by atoms with Gasteiger partial charge >= 0.3 is 11.9 Å². The number of H-pyrrole nitrogens is 1. The Kier molecular flexibility index (Phi) is 7.40. The number of nitrogens with zero attached hydrogens (tertiary/aromatic N) is 2. The van der Waals surface area contributed by atoms with Gasteiger partial charge in [0.15, 0.2) is 28.5 Å². The van der Waals surface area contributed by atoms with Gasteiger partial charge in [0, 0.05) is 71.4 Å². The highest BCUT2D eigenvalue weighted by Crippen LogP contribution is 2.64. The molecule has 0 amide bonds. The maximum atomic E-state index is 14.8. The molecule has 55 heavy (non-hydrogen) atoms. The van der Waals surface area contributed by atoms with Crippen molar-refractivity contribution in [3.63, 3.8) is 0 Å². The van der Waals surface area contributed by atoms with E-state index >= 15 is 0 Å². The lowest BCUT2D eigenvalue weighted by atomic mass is 9.78. The SMILES string of the molecule is COc1c(C)c(O)c2c(c1O)C1=C3[C@@H]4SC[C@]5(NCCc6c5[nH]c5ccccc65)C(=O)OC[C@@H](c5c6c(c(C)c(OC(C)=O)c54)OCO6)N3[C@@H](O)[C@H](C2)N1C. The fraction of sp³-hybridized carbons (Fsp3) is 0.400. The van der Waals surface area contributed by atoms with E-state index in [4.69, 9.17) is 23.7 Å². The number of fused-ring (bicyclic) bond motifs is 11. The number of phenols is 2. The number of methoxy groups -OCH3 is 1. The van der Waals surface area contributed by atoms with Gasteiger partial charge in [-0.25, -0.2) is 4.79 Å². The Morgan fingerprint density at radius 3 is 2.60 bits per heavy atom. The lowest BCUT2D eigenvalue weighted by Crippen LogP contribution is -2.61.